The van der Waals surface area contributed by atoms with E-state index in [4.69, 9.17) is 5.73 Å². The van der Waals surface area contributed by atoms with Crippen LogP contribution in [0.3, 0.4) is 0 Å². The van der Waals surface area contributed by atoms with E-state index in [9.17, 15) is 0 Å². The van der Waals surface area contributed by atoms with Gasteiger partial charge in [0, 0.05) is 11.6 Å². The molecule has 1 saturated heterocycles. The molecule has 1 atom stereocenters. The highest BCUT2D eigenvalue weighted by molar-refractivity contribution is 5.21. The summed E-state index contributed by atoms with van der Waals surface area (Å²) in [5.74, 6) is 0. The van der Waals surface area contributed by atoms with Crippen molar-refractivity contribution in [2.75, 3.05) is 13.1 Å². The fraction of sp³-hybridized carbons (Fsp3) is 0.889. The standard InChI is InChI=1S/C18H32N2/c19-17(16-10-4-1-2-5-11-16)18(12-6-7-13-18)20-14-8-3-9-15-20/h10,17H,1-9,11-15,19H2. The lowest BCUT2D eigenvalue weighted by Gasteiger charge is -2.48. The van der Waals surface area contributed by atoms with Gasteiger partial charge in [-0.1, -0.05) is 37.3 Å². The summed E-state index contributed by atoms with van der Waals surface area (Å²) < 4.78 is 0. The van der Waals surface area contributed by atoms with Crippen molar-refractivity contribution in [1.82, 2.24) is 4.90 Å². The minimum atomic E-state index is 0.307. The van der Waals surface area contributed by atoms with E-state index in [1.807, 2.05) is 0 Å². The molecule has 0 aromatic carbocycles. The van der Waals surface area contributed by atoms with Gasteiger partial charge >= 0.3 is 0 Å². The summed E-state index contributed by atoms with van der Waals surface area (Å²) in [6.07, 6.45) is 18.8. The molecular weight excluding hydrogens is 244 g/mol. The van der Waals surface area contributed by atoms with Crippen LogP contribution >= 0.6 is 0 Å². The molecule has 2 N–H and O–H groups in total. The molecule has 2 aliphatic carbocycles. The van der Waals surface area contributed by atoms with E-state index in [0.717, 1.165) is 0 Å². The predicted molar refractivity (Wildman–Crippen MR) is 85.8 cm³/mol. The van der Waals surface area contributed by atoms with Crippen LogP contribution in [0.15, 0.2) is 11.6 Å². The van der Waals surface area contributed by atoms with Crippen molar-refractivity contribution in [2.24, 2.45) is 5.73 Å². The van der Waals surface area contributed by atoms with Crippen molar-refractivity contribution in [2.45, 2.75) is 88.6 Å². The molecule has 1 aliphatic heterocycles. The Morgan fingerprint density at radius 2 is 1.60 bits per heavy atom. The van der Waals surface area contributed by atoms with Gasteiger partial charge in [-0.05, 0) is 64.5 Å². The molecule has 2 nitrogen and oxygen atoms in total. The number of nitrogens with two attached hydrogens (primary N) is 1. The van der Waals surface area contributed by atoms with E-state index in [-0.39, 0.29) is 0 Å². The molecule has 0 amide bonds. The van der Waals surface area contributed by atoms with Crippen LogP contribution in [-0.2, 0) is 0 Å². The molecule has 2 heteroatoms. The molecule has 1 heterocycles. The Labute approximate surface area is 124 Å². The average Bonchev–Trinajstić information content (AvgIpc) is 2.84. The van der Waals surface area contributed by atoms with Crippen molar-refractivity contribution >= 4 is 0 Å². The summed E-state index contributed by atoms with van der Waals surface area (Å²) in [5, 5.41) is 0. The second kappa shape index (κ2) is 6.62. The van der Waals surface area contributed by atoms with E-state index in [0.29, 0.717) is 11.6 Å². The van der Waals surface area contributed by atoms with Crippen molar-refractivity contribution in [3.63, 3.8) is 0 Å². The molecule has 0 spiro atoms. The highest BCUT2D eigenvalue weighted by Crippen LogP contribution is 2.42. The van der Waals surface area contributed by atoms with Crippen LogP contribution in [0.25, 0.3) is 0 Å². The number of likely N-dealkylation sites (tertiary alicyclic amines) is 1. The number of rotatable bonds is 3. The molecule has 0 aromatic heterocycles. The zero-order valence-corrected chi connectivity index (χ0v) is 13.1. The number of piperidine rings is 1. The summed E-state index contributed by atoms with van der Waals surface area (Å²) in [5.41, 5.74) is 8.79. The second-order valence-corrected chi connectivity index (χ2v) is 7.21. The summed E-state index contributed by atoms with van der Waals surface area (Å²) in [6.45, 7) is 2.59. The van der Waals surface area contributed by atoms with Gasteiger partial charge in [-0.15, -0.1) is 0 Å². The van der Waals surface area contributed by atoms with Crippen LogP contribution in [0, 0.1) is 0 Å². The first-order valence-corrected chi connectivity index (χ1v) is 9.02. The monoisotopic (exact) mass is 276 g/mol. The molecule has 1 saturated carbocycles. The number of hydrogen-bond acceptors (Lipinski definition) is 2. The minimum absolute atomic E-state index is 0.307. The van der Waals surface area contributed by atoms with Gasteiger partial charge < -0.3 is 5.73 Å². The summed E-state index contributed by atoms with van der Waals surface area (Å²) in [7, 11) is 0. The van der Waals surface area contributed by atoms with Gasteiger partial charge in [0.1, 0.15) is 0 Å². The first kappa shape index (κ1) is 14.6. The molecule has 0 aromatic rings. The topological polar surface area (TPSA) is 29.3 Å². The lowest BCUT2D eigenvalue weighted by molar-refractivity contribution is 0.0564. The number of allylic oxidation sites excluding steroid dienone is 1. The van der Waals surface area contributed by atoms with E-state index in [1.54, 1.807) is 5.57 Å². The normalized spacial score (nSPS) is 29.8. The Morgan fingerprint density at radius 1 is 0.900 bits per heavy atom. The maximum atomic E-state index is 6.88. The maximum absolute atomic E-state index is 6.88. The third kappa shape index (κ3) is 2.82. The Bertz CT molecular complexity index is 335. The molecule has 1 unspecified atom stereocenters. The van der Waals surface area contributed by atoms with Crippen LogP contribution in [0.4, 0.5) is 0 Å². The summed E-state index contributed by atoms with van der Waals surface area (Å²) >= 11 is 0. The molecule has 20 heavy (non-hydrogen) atoms. The molecule has 0 bridgehead atoms. The second-order valence-electron chi connectivity index (χ2n) is 7.21. The largest absolute Gasteiger partial charge is 0.323 e. The van der Waals surface area contributed by atoms with Gasteiger partial charge in [-0.3, -0.25) is 4.90 Å². The van der Waals surface area contributed by atoms with Gasteiger partial charge in [-0.25, -0.2) is 0 Å². The Balaban J connectivity index is 1.79. The number of hydrogen-bond donors (Lipinski definition) is 1. The van der Waals surface area contributed by atoms with Crippen LogP contribution in [0.1, 0.15) is 77.0 Å². The maximum Gasteiger partial charge on any atom is 0.0441 e. The highest BCUT2D eigenvalue weighted by atomic mass is 15.2. The van der Waals surface area contributed by atoms with Gasteiger partial charge in [-0.2, -0.15) is 0 Å². The smallest absolute Gasteiger partial charge is 0.0441 e. The van der Waals surface area contributed by atoms with E-state index < -0.39 is 0 Å². The predicted octanol–water partition coefficient (Wildman–Crippen LogP) is 4.00. The van der Waals surface area contributed by atoms with Crippen LogP contribution in [0.2, 0.25) is 0 Å². The third-order valence-electron chi connectivity index (χ3n) is 6.01. The van der Waals surface area contributed by atoms with Crippen molar-refractivity contribution in [1.29, 1.82) is 0 Å². The first-order valence-electron chi connectivity index (χ1n) is 9.02. The minimum Gasteiger partial charge on any atom is -0.323 e. The van der Waals surface area contributed by atoms with E-state index in [2.05, 4.69) is 11.0 Å². The molecule has 3 rings (SSSR count). The van der Waals surface area contributed by atoms with Crippen LogP contribution in [-0.4, -0.2) is 29.6 Å². The lowest BCUT2D eigenvalue weighted by Crippen LogP contribution is -2.60. The molecule has 0 radical (unpaired) electrons. The Hall–Kier alpha value is -0.340. The fourth-order valence-electron chi connectivity index (χ4n) is 4.82. The SMILES string of the molecule is NC(C1=CCCCCC1)C1(N2CCCCC2)CCCC1. The highest BCUT2D eigenvalue weighted by Gasteiger charge is 2.45. The zero-order chi connectivity index (χ0) is 13.8. The van der Waals surface area contributed by atoms with Crippen molar-refractivity contribution in [3.8, 4) is 0 Å². The van der Waals surface area contributed by atoms with Gasteiger partial charge in [0.2, 0.25) is 0 Å². The Morgan fingerprint density at radius 3 is 2.35 bits per heavy atom. The fourth-order valence-corrected chi connectivity index (χ4v) is 4.82. The average molecular weight is 276 g/mol. The van der Waals surface area contributed by atoms with Gasteiger partial charge in [0.05, 0.1) is 0 Å². The summed E-state index contributed by atoms with van der Waals surface area (Å²) in [6, 6.07) is 0.307. The van der Waals surface area contributed by atoms with Crippen LogP contribution < -0.4 is 5.73 Å². The third-order valence-corrected chi connectivity index (χ3v) is 6.01. The van der Waals surface area contributed by atoms with Crippen LogP contribution in [0.5, 0.6) is 0 Å². The zero-order valence-electron chi connectivity index (χ0n) is 13.1. The molecule has 114 valence electrons. The van der Waals surface area contributed by atoms with Crippen molar-refractivity contribution < 1.29 is 0 Å². The van der Waals surface area contributed by atoms with E-state index >= 15 is 0 Å². The molecule has 3 aliphatic rings. The first-order chi connectivity index (χ1) is 9.83. The Kier molecular flexibility index (Phi) is 4.83. The van der Waals surface area contributed by atoms with E-state index in [1.165, 1.54) is 90.1 Å². The van der Waals surface area contributed by atoms with Gasteiger partial charge in [0.25, 0.3) is 0 Å². The quantitative estimate of drug-likeness (QED) is 0.789. The van der Waals surface area contributed by atoms with Gasteiger partial charge in [0.15, 0.2) is 0 Å². The number of nitrogens with zero attached hydrogens (tertiary/aromatic N) is 1. The molecular formula is C18H32N2. The summed E-state index contributed by atoms with van der Waals surface area (Å²) in [4.78, 5) is 2.79. The molecule has 2 fully saturated rings. The lowest BCUT2D eigenvalue weighted by atomic mass is 9.80. The van der Waals surface area contributed by atoms with Crippen molar-refractivity contribution in [3.05, 3.63) is 11.6 Å².